The van der Waals surface area contributed by atoms with Gasteiger partial charge in [-0.1, -0.05) is 18.2 Å². The first kappa shape index (κ1) is 18.0. The van der Waals surface area contributed by atoms with E-state index < -0.39 is 10.0 Å². The molecule has 3 N–H and O–H groups in total. The lowest BCUT2D eigenvalue weighted by molar-refractivity contribution is -0.123. The van der Waals surface area contributed by atoms with E-state index in [9.17, 15) is 13.2 Å². The highest BCUT2D eigenvalue weighted by Crippen LogP contribution is 2.16. The molecule has 2 rings (SSSR count). The lowest BCUT2D eigenvalue weighted by atomic mass is 10.1. The molecule has 1 amide bonds. The van der Waals surface area contributed by atoms with Gasteiger partial charge in [-0.05, 0) is 54.8 Å². The van der Waals surface area contributed by atoms with Crippen molar-refractivity contribution in [3.8, 4) is 5.75 Å². The fourth-order valence-corrected chi connectivity index (χ4v) is 2.73. The third kappa shape index (κ3) is 5.36. The third-order valence-corrected chi connectivity index (χ3v) is 4.24. The number of benzene rings is 2. The number of carbonyl (C=O) groups excluding carboxylic acids is 1. The van der Waals surface area contributed by atoms with E-state index in [1.807, 2.05) is 32.0 Å². The molecule has 0 aromatic heterocycles. The largest absolute Gasteiger partial charge is 0.484 e. The average molecular weight is 348 g/mol. The number of sulfonamides is 1. The summed E-state index contributed by atoms with van der Waals surface area (Å²) in [6.07, 6.45) is 0. The first-order valence-corrected chi connectivity index (χ1v) is 8.88. The van der Waals surface area contributed by atoms with Gasteiger partial charge in [0.05, 0.1) is 4.90 Å². The Balaban J connectivity index is 1.85. The fraction of sp³-hybridized carbons (Fsp3) is 0.235. The molecule has 0 bridgehead atoms. The van der Waals surface area contributed by atoms with Crippen molar-refractivity contribution in [3.05, 3.63) is 59.2 Å². The molecule has 0 aliphatic carbocycles. The number of primary sulfonamides is 1. The van der Waals surface area contributed by atoms with E-state index in [0.717, 1.165) is 16.7 Å². The summed E-state index contributed by atoms with van der Waals surface area (Å²) in [4.78, 5) is 11.9. The number of hydrogen-bond donors (Lipinski definition) is 2. The van der Waals surface area contributed by atoms with E-state index in [2.05, 4.69) is 5.32 Å². The molecule has 0 aliphatic heterocycles. The molecule has 0 spiro atoms. The normalized spacial score (nSPS) is 11.1. The van der Waals surface area contributed by atoms with Crippen LogP contribution in [0.4, 0.5) is 0 Å². The Bertz CT molecular complexity index is 810. The second-order valence-electron chi connectivity index (χ2n) is 5.58. The number of aryl methyl sites for hydroxylation is 2. The molecule has 0 saturated heterocycles. The van der Waals surface area contributed by atoms with Crippen molar-refractivity contribution >= 4 is 15.9 Å². The zero-order valence-corrected chi connectivity index (χ0v) is 14.4. The summed E-state index contributed by atoms with van der Waals surface area (Å²) in [6.45, 7) is 4.12. The van der Waals surface area contributed by atoms with Crippen LogP contribution in [-0.2, 0) is 21.4 Å². The molecule has 7 heteroatoms. The minimum atomic E-state index is -3.70. The summed E-state index contributed by atoms with van der Waals surface area (Å²) in [7, 11) is -3.70. The Hall–Kier alpha value is -2.38. The number of rotatable bonds is 6. The molecule has 128 valence electrons. The van der Waals surface area contributed by atoms with Gasteiger partial charge in [-0.25, -0.2) is 13.6 Å². The van der Waals surface area contributed by atoms with Crippen LogP contribution in [0.5, 0.6) is 5.75 Å². The first-order chi connectivity index (χ1) is 11.2. The van der Waals surface area contributed by atoms with Crippen molar-refractivity contribution in [2.45, 2.75) is 25.3 Å². The fourth-order valence-electron chi connectivity index (χ4n) is 2.21. The molecule has 0 unspecified atom stereocenters. The monoisotopic (exact) mass is 348 g/mol. The van der Waals surface area contributed by atoms with E-state index in [-0.39, 0.29) is 24.0 Å². The lowest BCUT2D eigenvalue weighted by Gasteiger charge is -2.09. The molecule has 0 saturated carbocycles. The number of hydrogen-bond acceptors (Lipinski definition) is 4. The summed E-state index contributed by atoms with van der Waals surface area (Å²) in [6, 6.07) is 11.8. The summed E-state index contributed by atoms with van der Waals surface area (Å²) < 4.78 is 27.8. The van der Waals surface area contributed by atoms with E-state index in [4.69, 9.17) is 9.88 Å². The second kappa shape index (κ2) is 7.46. The van der Waals surface area contributed by atoms with Crippen LogP contribution in [0.25, 0.3) is 0 Å². The summed E-state index contributed by atoms with van der Waals surface area (Å²) in [5.74, 6) is 0.393. The predicted molar refractivity (Wildman–Crippen MR) is 91.1 cm³/mol. The molecule has 0 atom stereocenters. The zero-order chi connectivity index (χ0) is 17.7. The number of amides is 1. The van der Waals surface area contributed by atoms with Crippen molar-refractivity contribution < 1.29 is 17.9 Å². The van der Waals surface area contributed by atoms with Gasteiger partial charge in [0.1, 0.15) is 5.75 Å². The quantitative estimate of drug-likeness (QED) is 0.829. The zero-order valence-electron chi connectivity index (χ0n) is 13.6. The van der Waals surface area contributed by atoms with Gasteiger partial charge in [0.2, 0.25) is 10.0 Å². The van der Waals surface area contributed by atoms with E-state index in [0.29, 0.717) is 5.75 Å². The molecule has 6 nitrogen and oxygen atoms in total. The van der Waals surface area contributed by atoms with Crippen LogP contribution in [0.2, 0.25) is 0 Å². The van der Waals surface area contributed by atoms with Crippen LogP contribution in [0.1, 0.15) is 16.7 Å². The van der Waals surface area contributed by atoms with Gasteiger partial charge < -0.3 is 10.1 Å². The molecule has 2 aromatic rings. The second-order valence-corrected chi connectivity index (χ2v) is 7.14. The Kier molecular flexibility index (Phi) is 5.58. The highest BCUT2D eigenvalue weighted by molar-refractivity contribution is 7.89. The minimum absolute atomic E-state index is 0.0377. The van der Waals surface area contributed by atoms with Crippen molar-refractivity contribution in [2.75, 3.05) is 6.61 Å². The van der Waals surface area contributed by atoms with E-state index in [1.54, 1.807) is 12.1 Å². The van der Waals surface area contributed by atoms with Crippen LogP contribution in [-0.4, -0.2) is 20.9 Å². The van der Waals surface area contributed by atoms with E-state index in [1.165, 1.54) is 12.1 Å². The minimum Gasteiger partial charge on any atom is -0.484 e. The van der Waals surface area contributed by atoms with Crippen LogP contribution in [0, 0.1) is 13.8 Å². The van der Waals surface area contributed by atoms with Gasteiger partial charge in [-0.2, -0.15) is 0 Å². The molecular weight excluding hydrogens is 328 g/mol. The average Bonchev–Trinajstić information content (AvgIpc) is 2.49. The molecule has 0 fully saturated rings. The molecule has 0 aliphatic rings. The molecule has 0 heterocycles. The molecule has 0 radical (unpaired) electrons. The maximum absolute atomic E-state index is 11.8. The summed E-state index contributed by atoms with van der Waals surface area (Å²) in [5, 5.41) is 7.74. The van der Waals surface area contributed by atoms with Gasteiger partial charge >= 0.3 is 0 Å². The van der Waals surface area contributed by atoms with Gasteiger partial charge in [-0.3, -0.25) is 4.79 Å². The van der Waals surface area contributed by atoms with Crippen LogP contribution in [0.15, 0.2) is 47.4 Å². The highest BCUT2D eigenvalue weighted by atomic mass is 32.2. The SMILES string of the molecule is Cc1cc(C)cc(OCC(=O)NCc2ccc(S(N)(=O)=O)cc2)c1. The van der Waals surface area contributed by atoms with Crippen molar-refractivity contribution in [1.29, 1.82) is 0 Å². The Morgan fingerprint density at radius 3 is 2.21 bits per heavy atom. The maximum Gasteiger partial charge on any atom is 0.258 e. The molecular formula is C17H20N2O4S. The van der Waals surface area contributed by atoms with Crippen LogP contribution in [0.3, 0.4) is 0 Å². The predicted octanol–water partition coefficient (Wildman–Crippen LogP) is 1.65. The van der Waals surface area contributed by atoms with Crippen LogP contribution < -0.4 is 15.2 Å². The number of nitrogens with two attached hydrogens (primary N) is 1. The van der Waals surface area contributed by atoms with Gasteiger partial charge in [0.25, 0.3) is 5.91 Å². The third-order valence-electron chi connectivity index (χ3n) is 3.31. The summed E-state index contributed by atoms with van der Waals surface area (Å²) in [5.41, 5.74) is 2.91. The van der Waals surface area contributed by atoms with Gasteiger partial charge in [0, 0.05) is 6.54 Å². The van der Waals surface area contributed by atoms with Crippen molar-refractivity contribution in [2.24, 2.45) is 5.14 Å². The Morgan fingerprint density at radius 1 is 1.08 bits per heavy atom. The number of nitrogens with one attached hydrogen (secondary N) is 1. The van der Waals surface area contributed by atoms with E-state index >= 15 is 0 Å². The highest BCUT2D eigenvalue weighted by Gasteiger charge is 2.08. The van der Waals surface area contributed by atoms with Crippen molar-refractivity contribution in [3.63, 3.8) is 0 Å². The number of ether oxygens (including phenoxy) is 1. The first-order valence-electron chi connectivity index (χ1n) is 7.33. The summed E-state index contributed by atoms with van der Waals surface area (Å²) >= 11 is 0. The topological polar surface area (TPSA) is 98.5 Å². The number of carbonyl (C=O) groups is 1. The van der Waals surface area contributed by atoms with Gasteiger partial charge in [0.15, 0.2) is 6.61 Å². The Labute approximate surface area is 141 Å². The Morgan fingerprint density at radius 2 is 1.67 bits per heavy atom. The lowest BCUT2D eigenvalue weighted by Crippen LogP contribution is -2.28. The smallest absolute Gasteiger partial charge is 0.258 e. The molecule has 2 aromatic carbocycles. The van der Waals surface area contributed by atoms with Crippen LogP contribution >= 0.6 is 0 Å². The van der Waals surface area contributed by atoms with Crippen molar-refractivity contribution in [1.82, 2.24) is 5.32 Å². The molecule has 24 heavy (non-hydrogen) atoms. The standard InChI is InChI=1S/C17H20N2O4S/c1-12-7-13(2)9-15(8-12)23-11-17(20)19-10-14-3-5-16(6-4-14)24(18,21)22/h3-9H,10-11H2,1-2H3,(H,19,20)(H2,18,21,22). The maximum atomic E-state index is 11.8. The van der Waals surface area contributed by atoms with Gasteiger partial charge in [-0.15, -0.1) is 0 Å².